The lowest BCUT2D eigenvalue weighted by atomic mass is 10.0. The second-order valence-corrected chi connectivity index (χ2v) is 8.56. The third kappa shape index (κ3) is 6.50. The van der Waals surface area contributed by atoms with E-state index in [4.69, 9.17) is 13.9 Å². The van der Waals surface area contributed by atoms with E-state index in [1.54, 1.807) is 24.4 Å². The maximum Gasteiger partial charge on any atom is 0.313 e. The smallest absolute Gasteiger partial charge is 0.313 e. The molecule has 0 aliphatic rings. The van der Waals surface area contributed by atoms with Gasteiger partial charge < -0.3 is 29.4 Å². The summed E-state index contributed by atoms with van der Waals surface area (Å²) in [7, 11) is 5.43. The predicted molar refractivity (Wildman–Crippen MR) is 130 cm³/mol. The summed E-state index contributed by atoms with van der Waals surface area (Å²) in [6.45, 7) is 4.06. The standard InChI is InChI=1S/C25H30N4O5/c1-25(2,11-12-33-19-8-6-7-18(14-19)29(3)4)28-24(31)23(30)27-17-9-10-20(21(13-17)32-5)22-15-26-16-34-22/h6-10,13-16H,11-12H2,1-5H3,(H,27,30)(H,28,31). The first kappa shape index (κ1) is 24.6. The van der Waals surface area contributed by atoms with E-state index in [9.17, 15) is 9.59 Å². The van der Waals surface area contributed by atoms with Crippen LogP contribution in [0.1, 0.15) is 20.3 Å². The molecule has 0 saturated heterocycles. The van der Waals surface area contributed by atoms with Crippen molar-refractivity contribution >= 4 is 23.2 Å². The number of nitrogens with zero attached hydrogens (tertiary/aromatic N) is 2. The molecule has 1 aromatic heterocycles. The molecule has 0 spiro atoms. The molecule has 0 unspecified atom stereocenters. The van der Waals surface area contributed by atoms with Gasteiger partial charge in [-0.1, -0.05) is 6.07 Å². The van der Waals surface area contributed by atoms with E-state index in [0.29, 0.717) is 35.8 Å². The highest BCUT2D eigenvalue weighted by atomic mass is 16.5. The van der Waals surface area contributed by atoms with E-state index < -0.39 is 17.4 Å². The van der Waals surface area contributed by atoms with Crippen LogP contribution in [-0.4, -0.2) is 50.1 Å². The number of amides is 2. The van der Waals surface area contributed by atoms with Crippen molar-refractivity contribution in [1.82, 2.24) is 10.3 Å². The largest absolute Gasteiger partial charge is 0.496 e. The average molecular weight is 467 g/mol. The Balaban J connectivity index is 1.54. The molecule has 9 heteroatoms. The van der Waals surface area contributed by atoms with Crippen LogP contribution in [0, 0.1) is 0 Å². The molecule has 3 rings (SSSR count). The number of oxazole rings is 1. The maximum absolute atomic E-state index is 12.5. The minimum absolute atomic E-state index is 0.381. The van der Waals surface area contributed by atoms with Crippen LogP contribution >= 0.6 is 0 Å². The molecule has 0 saturated carbocycles. The minimum Gasteiger partial charge on any atom is -0.496 e. The van der Waals surface area contributed by atoms with Crippen LogP contribution in [0.4, 0.5) is 11.4 Å². The van der Waals surface area contributed by atoms with Crippen LogP contribution in [-0.2, 0) is 9.59 Å². The monoisotopic (exact) mass is 466 g/mol. The van der Waals surface area contributed by atoms with Gasteiger partial charge in [0.15, 0.2) is 12.2 Å². The third-order valence-electron chi connectivity index (χ3n) is 5.15. The Hall–Kier alpha value is -4.01. The molecule has 0 aliphatic carbocycles. The van der Waals surface area contributed by atoms with Crippen molar-refractivity contribution < 1.29 is 23.5 Å². The van der Waals surface area contributed by atoms with Gasteiger partial charge in [-0.15, -0.1) is 0 Å². The summed E-state index contributed by atoms with van der Waals surface area (Å²) in [6, 6.07) is 12.7. The van der Waals surface area contributed by atoms with Gasteiger partial charge in [0.05, 0.1) is 25.5 Å². The summed E-state index contributed by atoms with van der Waals surface area (Å²) >= 11 is 0. The van der Waals surface area contributed by atoms with Crippen molar-refractivity contribution in [2.75, 3.05) is 38.0 Å². The van der Waals surface area contributed by atoms with Crippen LogP contribution < -0.4 is 25.0 Å². The lowest BCUT2D eigenvalue weighted by molar-refractivity contribution is -0.137. The number of carbonyl (C=O) groups is 2. The van der Waals surface area contributed by atoms with E-state index in [1.165, 1.54) is 13.5 Å². The highest BCUT2D eigenvalue weighted by molar-refractivity contribution is 6.39. The molecule has 2 amide bonds. The molecule has 0 bridgehead atoms. The first-order valence-corrected chi connectivity index (χ1v) is 10.8. The molecule has 0 radical (unpaired) electrons. The fraction of sp³-hybridized carbons (Fsp3) is 0.320. The molecule has 2 N–H and O–H groups in total. The van der Waals surface area contributed by atoms with Crippen molar-refractivity contribution in [2.45, 2.75) is 25.8 Å². The molecule has 2 aromatic carbocycles. The molecule has 9 nitrogen and oxygen atoms in total. The van der Waals surface area contributed by atoms with Gasteiger partial charge in [-0.25, -0.2) is 4.98 Å². The number of carbonyl (C=O) groups excluding carboxylic acids is 2. The number of nitrogens with one attached hydrogen (secondary N) is 2. The third-order valence-corrected chi connectivity index (χ3v) is 5.15. The number of hydrogen-bond donors (Lipinski definition) is 2. The van der Waals surface area contributed by atoms with Crippen LogP contribution in [0.15, 0.2) is 59.5 Å². The van der Waals surface area contributed by atoms with Crippen LogP contribution in [0.5, 0.6) is 11.5 Å². The van der Waals surface area contributed by atoms with Gasteiger partial charge in [0.2, 0.25) is 0 Å². The Bertz CT molecular complexity index is 1130. The molecular weight excluding hydrogens is 436 g/mol. The van der Waals surface area contributed by atoms with Crippen molar-refractivity contribution in [2.24, 2.45) is 0 Å². The molecular formula is C25H30N4O5. The number of rotatable bonds is 9. The highest BCUT2D eigenvalue weighted by Gasteiger charge is 2.25. The van der Waals surface area contributed by atoms with Gasteiger partial charge in [-0.05, 0) is 38.1 Å². The molecule has 34 heavy (non-hydrogen) atoms. The van der Waals surface area contributed by atoms with Crippen LogP contribution in [0.25, 0.3) is 11.3 Å². The number of ether oxygens (including phenoxy) is 2. The van der Waals surface area contributed by atoms with Crippen molar-refractivity contribution in [3.05, 3.63) is 55.1 Å². The predicted octanol–water partition coefficient (Wildman–Crippen LogP) is 3.72. The highest BCUT2D eigenvalue weighted by Crippen LogP contribution is 2.32. The Labute approximate surface area is 199 Å². The molecule has 1 heterocycles. The summed E-state index contributed by atoms with van der Waals surface area (Å²) in [5.41, 5.74) is 1.48. The van der Waals surface area contributed by atoms with E-state index in [2.05, 4.69) is 15.6 Å². The first-order valence-electron chi connectivity index (χ1n) is 10.8. The zero-order chi connectivity index (χ0) is 24.7. The average Bonchev–Trinajstić information content (AvgIpc) is 3.33. The summed E-state index contributed by atoms with van der Waals surface area (Å²) in [5.74, 6) is 0.240. The minimum atomic E-state index is -0.776. The van der Waals surface area contributed by atoms with E-state index >= 15 is 0 Å². The SMILES string of the molecule is COc1cc(NC(=O)C(=O)NC(C)(C)CCOc2cccc(N(C)C)c2)ccc1-c1cnco1. The zero-order valence-corrected chi connectivity index (χ0v) is 20.0. The van der Waals surface area contributed by atoms with Crippen molar-refractivity contribution in [1.29, 1.82) is 0 Å². The fourth-order valence-electron chi connectivity index (χ4n) is 3.21. The quantitative estimate of drug-likeness (QED) is 0.463. The van der Waals surface area contributed by atoms with Crippen LogP contribution in [0.2, 0.25) is 0 Å². The van der Waals surface area contributed by atoms with E-state index in [-0.39, 0.29) is 0 Å². The molecule has 3 aromatic rings. The second-order valence-electron chi connectivity index (χ2n) is 8.56. The van der Waals surface area contributed by atoms with Crippen LogP contribution in [0.3, 0.4) is 0 Å². The number of anilines is 2. The Kier molecular flexibility index (Phi) is 7.78. The molecule has 0 atom stereocenters. The number of aromatic nitrogens is 1. The van der Waals surface area contributed by atoms with Gasteiger partial charge in [0.25, 0.3) is 0 Å². The Morgan fingerprint density at radius 3 is 2.59 bits per heavy atom. The van der Waals surface area contributed by atoms with Gasteiger partial charge in [-0.3, -0.25) is 9.59 Å². The normalized spacial score (nSPS) is 11.0. The Morgan fingerprint density at radius 2 is 1.91 bits per heavy atom. The van der Waals surface area contributed by atoms with Gasteiger partial charge in [0, 0.05) is 49.6 Å². The molecule has 0 fully saturated rings. The lowest BCUT2D eigenvalue weighted by Crippen LogP contribution is -2.48. The lowest BCUT2D eigenvalue weighted by Gasteiger charge is -2.26. The first-order chi connectivity index (χ1) is 16.2. The topological polar surface area (TPSA) is 106 Å². The summed E-state index contributed by atoms with van der Waals surface area (Å²) in [4.78, 5) is 30.9. The molecule has 180 valence electrons. The molecule has 0 aliphatic heterocycles. The summed E-state index contributed by atoms with van der Waals surface area (Å²) in [5, 5.41) is 5.36. The Morgan fingerprint density at radius 1 is 1.12 bits per heavy atom. The summed E-state index contributed by atoms with van der Waals surface area (Å²) < 4.78 is 16.5. The van der Waals surface area contributed by atoms with Gasteiger partial charge >= 0.3 is 11.8 Å². The second kappa shape index (κ2) is 10.7. The van der Waals surface area contributed by atoms with E-state index in [0.717, 1.165) is 11.4 Å². The maximum atomic E-state index is 12.5. The number of benzene rings is 2. The van der Waals surface area contributed by atoms with Gasteiger partial charge in [-0.2, -0.15) is 0 Å². The number of hydrogen-bond acceptors (Lipinski definition) is 7. The zero-order valence-electron chi connectivity index (χ0n) is 20.0. The van der Waals surface area contributed by atoms with Crippen molar-refractivity contribution in [3.8, 4) is 22.8 Å². The van der Waals surface area contributed by atoms with E-state index in [1.807, 2.05) is 57.1 Å². The summed E-state index contributed by atoms with van der Waals surface area (Å²) in [6.07, 6.45) is 3.40. The number of methoxy groups -OCH3 is 1. The fourth-order valence-corrected chi connectivity index (χ4v) is 3.21. The van der Waals surface area contributed by atoms with Gasteiger partial charge in [0.1, 0.15) is 11.5 Å². The van der Waals surface area contributed by atoms with Crippen molar-refractivity contribution in [3.63, 3.8) is 0 Å².